The van der Waals surface area contributed by atoms with Gasteiger partial charge >= 0.3 is 0 Å². The van der Waals surface area contributed by atoms with Gasteiger partial charge in [-0.25, -0.2) is 0 Å². The summed E-state index contributed by atoms with van der Waals surface area (Å²) in [5.74, 6) is 0. The summed E-state index contributed by atoms with van der Waals surface area (Å²) in [6.07, 6.45) is 0. The molecule has 0 bridgehead atoms. The minimum absolute atomic E-state index is 0.00293. The Morgan fingerprint density at radius 3 is 2.70 bits per heavy atom. The molecule has 2 N–H and O–H groups in total. The fourth-order valence-corrected chi connectivity index (χ4v) is 2.27. The fourth-order valence-electron chi connectivity index (χ4n) is 2.08. The van der Waals surface area contributed by atoms with Gasteiger partial charge < -0.3 is 15.2 Å². The van der Waals surface area contributed by atoms with E-state index in [1.54, 1.807) is 7.11 Å². The molecular weight excluding hydrogens is 274 g/mol. The van der Waals surface area contributed by atoms with Gasteiger partial charge in [0, 0.05) is 17.8 Å². The maximum absolute atomic E-state index is 9.60. The molecular formula is C16H18ClNO2. The molecule has 0 fully saturated rings. The summed E-state index contributed by atoms with van der Waals surface area (Å²) >= 11 is 5.96. The lowest BCUT2D eigenvalue weighted by Gasteiger charge is -2.19. The number of aliphatic hydroxyl groups excluding tert-OH is 1. The van der Waals surface area contributed by atoms with Crippen LogP contribution in [0.25, 0.3) is 0 Å². The highest BCUT2D eigenvalue weighted by Crippen LogP contribution is 2.22. The highest BCUT2D eigenvalue weighted by atomic mass is 35.5. The van der Waals surface area contributed by atoms with Crippen LogP contribution in [0.1, 0.15) is 17.2 Å². The van der Waals surface area contributed by atoms with E-state index in [1.807, 2.05) is 48.5 Å². The molecule has 2 rings (SSSR count). The lowest BCUT2D eigenvalue weighted by molar-refractivity contribution is 0.184. The summed E-state index contributed by atoms with van der Waals surface area (Å²) in [7, 11) is 1.67. The van der Waals surface area contributed by atoms with E-state index in [2.05, 4.69) is 5.32 Å². The number of halogens is 1. The highest BCUT2D eigenvalue weighted by molar-refractivity contribution is 6.30. The van der Waals surface area contributed by atoms with E-state index >= 15 is 0 Å². The second-order valence-electron chi connectivity index (χ2n) is 4.57. The van der Waals surface area contributed by atoms with Crippen LogP contribution in [-0.4, -0.2) is 18.8 Å². The quantitative estimate of drug-likeness (QED) is 0.854. The maximum Gasteiger partial charge on any atom is 0.0745 e. The molecule has 0 aromatic heterocycles. The van der Waals surface area contributed by atoms with Crippen molar-refractivity contribution in [2.75, 3.05) is 19.0 Å². The Kier molecular flexibility index (Phi) is 5.41. The smallest absolute Gasteiger partial charge is 0.0745 e. The summed E-state index contributed by atoms with van der Waals surface area (Å²) < 4.78 is 5.13. The number of benzene rings is 2. The van der Waals surface area contributed by atoms with Crippen LogP contribution in [0.3, 0.4) is 0 Å². The van der Waals surface area contributed by atoms with Gasteiger partial charge in [-0.05, 0) is 29.3 Å². The monoisotopic (exact) mass is 291 g/mol. The molecule has 3 nitrogen and oxygen atoms in total. The van der Waals surface area contributed by atoms with E-state index in [0.29, 0.717) is 11.6 Å². The number of rotatable bonds is 6. The lowest BCUT2D eigenvalue weighted by Crippen LogP contribution is -2.15. The minimum Gasteiger partial charge on any atom is -0.394 e. The Hall–Kier alpha value is -1.55. The van der Waals surface area contributed by atoms with Gasteiger partial charge in [-0.3, -0.25) is 0 Å². The van der Waals surface area contributed by atoms with Gasteiger partial charge in [0.1, 0.15) is 0 Å². The Morgan fingerprint density at radius 2 is 2.00 bits per heavy atom. The molecule has 0 aliphatic rings. The maximum atomic E-state index is 9.60. The summed E-state index contributed by atoms with van der Waals surface area (Å²) in [5.41, 5.74) is 2.98. The summed E-state index contributed by atoms with van der Waals surface area (Å²) in [5, 5.41) is 13.6. The van der Waals surface area contributed by atoms with Crippen molar-refractivity contribution in [3.8, 4) is 0 Å². The third-order valence-electron chi connectivity index (χ3n) is 3.01. The molecule has 0 radical (unpaired) electrons. The number of ether oxygens (including phenoxy) is 1. The number of nitrogens with one attached hydrogen (secondary N) is 1. The lowest BCUT2D eigenvalue weighted by atomic mass is 10.0. The molecule has 106 valence electrons. The van der Waals surface area contributed by atoms with Crippen molar-refractivity contribution in [3.05, 3.63) is 64.7 Å². The van der Waals surface area contributed by atoms with Crippen LogP contribution < -0.4 is 5.32 Å². The van der Waals surface area contributed by atoms with Gasteiger partial charge in [-0.15, -0.1) is 0 Å². The summed E-state index contributed by atoms with van der Waals surface area (Å²) in [6.45, 7) is 0.562. The van der Waals surface area contributed by atoms with Crippen LogP contribution in [0.2, 0.25) is 5.02 Å². The SMILES string of the molecule is COCc1cccc(C(CO)Nc2cccc(Cl)c2)c1. The normalized spacial score (nSPS) is 12.2. The van der Waals surface area contributed by atoms with E-state index in [0.717, 1.165) is 16.8 Å². The standard InChI is InChI=1S/C16H18ClNO2/c1-20-11-12-4-2-5-13(8-12)16(10-19)18-15-7-3-6-14(17)9-15/h2-9,16,18-19H,10-11H2,1H3. The Bertz CT molecular complexity index is 560. The van der Waals surface area contributed by atoms with Crippen LogP contribution in [0, 0.1) is 0 Å². The molecule has 4 heteroatoms. The first-order chi connectivity index (χ1) is 9.72. The van der Waals surface area contributed by atoms with Gasteiger partial charge in [0.25, 0.3) is 0 Å². The van der Waals surface area contributed by atoms with E-state index in [9.17, 15) is 5.11 Å². The predicted octanol–water partition coefficient (Wildman–Crippen LogP) is 3.63. The van der Waals surface area contributed by atoms with Crippen LogP contribution in [-0.2, 0) is 11.3 Å². The summed E-state index contributed by atoms with van der Waals surface area (Å²) in [6, 6.07) is 15.3. The fraction of sp³-hybridized carbons (Fsp3) is 0.250. The molecule has 0 spiro atoms. The Labute approximate surface area is 124 Å². The van der Waals surface area contributed by atoms with E-state index in [1.165, 1.54) is 0 Å². The molecule has 1 unspecified atom stereocenters. The van der Waals surface area contributed by atoms with Crippen molar-refractivity contribution < 1.29 is 9.84 Å². The first-order valence-corrected chi connectivity index (χ1v) is 6.81. The van der Waals surface area contributed by atoms with E-state index in [4.69, 9.17) is 16.3 Å². The van der Waals surface area contributed by atoms with Gasteiger partial charge in [0.05, 0.1) is 19.3 Å². The van der Waals surface area contributed by atoms with Gasteiger partial charge in [-0.2, -0.15) is 0 Å². The van der Waals surface area contributed by atoms with Gasteiger partial charge in [0.15, 0.2) is 0 Å². The van der Waals surface area contributed by atoms with Crippen molar-refractivity contribution in [1.82, 2.24) is 0 Å². The zero-order chi connectivity index (χ0) is 14.4. The first kappa shape index (κ1) is 14.9. The first-order valence-electron chi connectivity index (χ1n) is 6.43. The molecule has 0 saturated carbocycles. The van der Waals surface area contributed by atoms with Crippen LogP contribution in [0.15, 0.2) is 48.5 Å². The van der Waals surface area contributed by atoms with Crippen molar-refractivity contribution in [2.45, 2.75) is 12.6 Å². The third-order valence-corrected chi connectivity index (χ3v) is 3.25. The van der Waals surface area contributed by atoms with Crippen LogP contribution in [0.4, 0.5) is 5.69 Å². The van der Waals surface area contributed by atoms with E-state index in [-0.39, 0.29) is 12.6 Å². The molecule has 20 heavy (non-hydrogen) atoms. The average Bonchev–Trinajstić information content (AvgIpc) is 2.45. The topological polar surface area (TPSA) is 41.5 Å². The van der Waals surface area contributed by atoms with Crippen molar-refractivity contribution in [2.24, 2.45) is 0 Å². The zero-order valence-electron chi connectivity index (χ0n) is 11.3. The van der Waals surface area contributed by atoms with Gasteiger partial charge in [0.2, 0.25) is 0 Å². The second-order valence-corrected chi connectivity index (χ2v) is 5.00. The van der Waals surface area contributed by atoms with Crippen molar-refractivity contribution in [1.29, 1.82) is 0 Å². The minimum atomic E-state index is -0.176. The number of anilines is 1. The number of aliphatic hydroxyl groups is 1. The summed E-state index contributed by atoms with van der Waals surface area (Å²) in [4.78, 5) is 0. The number of methoxy groups -OCH3 is 1. The third kappa shape index (κ3) is 3.97. The molecule has 0 heterocycles. The molecule has 0 saturated heterocycles. The highest BCUT2D eigenvalue weighted by Gasteiger charge is 2.11. The average molecular weight is 292 g/mol. The molecule has 2 aromatic rings. The zero-order valence-corrected chi connectivity index (χ0v) is 12.1. The van der Waals surface area contributed by atoms with Crippen LogP contribution in [0.5, 0.6) is 0 Å². The largest absolute Gasteiger partial charge is 0.394 e. The van der Waals surface area contributed by atoms with Gasteiger partial charge in [-0.1, -0.05) is 41.9 Å². The Balaban J connectivity index is 2.17. The molecule has 1 atom stereocenters. The predicted molar refractivity (Wildman–Crippen MR) is 82.1 cm³/mol. The molecule has 0 aliphatic heterocycles. The number of hydrogen-bond acceptors (Lipinski definition) is 3. The second kappa shape index (κ2) is 7.29. The molecule has 0 amide bonds. The Morgan fingerprint density at radius 1 is 1.20 bits per heavy atom. The van der Waals surface area contributed by atoms with Crippen molar-refractivity contribution >= 4 is 17.3 Å². The molecule has 0 aliphatic carbocycles. The molecule has 2 aromatic carbocycles. The van der Waals surface area contributed by atoms with E-state index < -0.39 is 0 Å². The van der Waals surface area contributed by atoms with Crippen molar-refractivity contribution in [3.63, 3.8) is 0 Å². The van der Waals surface area contributed by atoms with Crippen LogP contribution >= 0.6 is 11.6 Å². The number of hydrogen-bond donors (Lipinski definition) is 2.